The number of hydrogen-bond acceptors (Lipinski definition) is 13. The van der Waals surface area contributed by atoms with E-state index in [9.17, 15) is 33.9 Å². The van der Waals surface area contributed by atoms with E-state index in [1.54, 1.807) is 23.9 Å². The van der Waals surface area contributed by atoms with Crippen LogP contribution in [0, 0.1) is 16.7 Å². The third-order valence-electron chi connectivity index (χ3n) is 7.73. The molecule has 0 bridgehead atoms. The number of carbonyl (C=O) groups excluding carboxylic acids is 4. The second-order valence-electron chi connectivity index (χ2n) is 15.1. The van der Waals surface area contributed by atoms with Gasteiger partial charge in [0.25, 0.3) is 0 Å². The van der Waals surface area contributed by atoms with Gasteiger partial charge in [0.1, 0.15) is 24.7 Å². The van der Waals surface area contributed by atoms with Gasteiger partial charge in [-0.05, 0) is 36.3 Å². The van der Waals surface area contributed by atoms with Crippen molar-refractivity contribution in [3.63, 3.8) is 0 Å². The number of aliphatic carboxylic acids is 3. The number of carbonyl (C=O) groups is 6. The molecule has 2 fully saturated rings. The fourth-order valence-corrected chi connectivity index (χ4v) is 4.83. The highest BCUT2D eigenvalue weighted by atomic mass is 16.5. The first-order valence-electron chi connectivity index (χ1n) is 18.5. The summed E-state index contributed by atoms with van der Waals surface area (Å²) in [5.41, 5.74) is 18.3. The second-order valence-corrected chi connectivity index (χ2v) is 15.1. The number of rotatable bonds is 14. The number of nitrogens with one attached hydrogen (secondary N) is 4. The number of likely N-dealkylation sites (N-methyl/N-ethyl adjacent to an activating group) is 3. The van der Waals surface area contributed by atoms with Crippen LogP contribution in [-0.2, 0) is 46.3 Å². The molecule has 0 aliphatic carbocycles. The Morgan fingerprint density at radius 3 is 1.41 bits per heavy atom. The first-order valence-corrected chi connectivity index (χ1v) is 18.5. The van der Waals surface area contributed by atoms with Crippen molar-refractivity contribution < 1.29 is 53.3 Å². The number of nitrogens with zero attached hydrogens (tertiary/aromatic N) is 3. The van der Waals surface area contributed by atoms with Crippen LogP contribution in [-0.4, -0.2) is 151 Å². The third-order valence-corrected chi connectivity index (χ3v) is 7.73. The number of amides is 2. The van der Waals surface area contributed by atoms with E-state index in [1.165, 1.54) is 0 Å². The van der Waals surface area contributed by atoms with E-state index in [2.05, 4.69) is 10.6 Å². The van der Waals surface area contributed by atoms with Crippen molar-refractivity contribution in [3.8, 4) is 0 Å². The number of nitrogens with two attached hydrogens (primary N) is 3. The van der Waals surface area contributed by atoms with Crippen molar-refractivity contribution in [2.24, 2.45) is 23.1 Å². The monoisotopic (exact) mass is 830 g/mol. The molecular weight excluding hydrogens is 768 g/mol. The van der Waals surface area contributed by atoms with Crippen molar-refractivity contribution in [2.45, 2.75) is 63.8 Å². The standard InChI is InChI=1S/C16H24N2O4.C9H11NO2.C6H13NO2.2C4H7N3O/c1-18(2,3)11-13(10-15(19)20)22-16(21)14(17)9-12-7-5-4-6-8-12;10-8(9(11)12)6-7-4-2-1-3-5-7;1-4(2)3-5(7)6(8)9;2*1-7-2-3(8)6-4(7)5/h4-8,13-14H,9-11,17H2,1-3H3;1-5,8H,6,10H2,(H,11,12);4-5H,3,7H2,1-2H3,(H,8,9);2*2H2,1H3,(H2,5,6,8)/t13?,14-;8-;5-;;/m000../s1. The number of hydrogen-bond donors (Lipinski definition) is 9. The molecule has 12 N–H and O–H groups in total. The van der Waals surface area contributed by atoms with Gasteiger partial charge in [0, 0.05) is 26.5 Å². The molecule has 2 amide bonds. The van der Waals surface area contributed by atoms with Gasteiger partial charge in [-0.15, -0.1) is 0 Å². The maximum absolute atomic E-state index is 12.1. The molecule has 2 aromatic rings. The summed E-state index contributed by atoms with van der Waals surface area (Å²) in [5.74, 6) is -3.18. The molecule has 0 saturated carbocycles. The minimum atomic E-state index is -1.25. The van der Waals surface area contributed by atoms with Crippen molar-refractivity contribution in [2.75, 3.05) is 54.9 Å². The number of ether oxygens (including phenoxy) is 1. The maximum atomic E-state index is 12.1. The summed E-state index contributed by atoms with van der Waals surface area (Å²) >= 11 is 0. The van der Waals surface area contributed by atoms with Gasteiger partial charge in [0.05, 0.1) is 34.2 Å². The van der Waals surface area contributed by atoms with E-state index in [0.29, 0.717) is 49.3 Å². The summed E-state index contributed by atoms with van der Waals surface area (Å²) in [6, 6.07) is 16.4. The molecule has 0 spiro atoms. The normalized spacial score (nSPS) is 15.2. The summed E-state index contributed by atoms with van der Waals surface area (Å²) in [6.45, 7) is 4.90. The number of guanidine groups is 2. The van der Waals surface area contributed by atoms with Crippen LogP contribution >= 0.6 is 0 Å². The van der Waals surface area contributed by atoms with E-state index >= 15 is 0 Å². The second kappa shape index (κ2) is 26.9. The van der Waals surface area contributed by atoms with Gasteiger partial charge < -0.3 is 56.3 Å². The van der Waals surface area contributed by atoms with E-state index in [-0.39, 0.29) is 30.2 Å². The van der Waals surface area contributed by atoms with Crippen LogP contribution < -0.4 is 32.9 Å². The zero-order valence-electron chi connectivity index (χ0n) is 34.8. The summed E-state index contributed by atoms with van der Waals surface area (Å²) in [5, 5.41) is 46.3. The number of quaternary nitrogens is 1. The van der Waals surface area contributed by atoms with E-state index in [0.717, 1.165) is 11.1 Å². The lowest BCUT2D eigenvalue weighted by molar-refractivity contribution is -0.873. The van der Waals surface area contributed by atoms with Gasteiger partial charge in [0.15, 0.2) is 18.0 Å². The molecule has 1 unspecified atom stereocenters. The van der Waals surface area contributed by atoms with Gasteiger partial charge in [-0.25, -0.2) is 0 Å². The minimum absolute atomic E-state index is 0.0995. The van der Waals surface area contributed by atoms with E-state index < -0.39 is 48.1 Å². The fraction of sp³-hybridized carbons (Fsp3) is 0.487. The highest BCUT2D eigenvalue weighted by Crippen LogP contribution is 2.09. The van der Waals surface area contributed by atoms with Crippen LogP contribution in [0.4, 0.5) is 0 Å². The lowest BCUT2D eigenvalue weighted by Gasteiger charge is -2.29. The third kappa shape index (κ3) is 25.8. The average molecular weight is 831 g/mol. The molecule has 59 heavy (non-hydrogen) atoms. The van der Waals surface area contributed by atoms with Crippen LogP contribution in [0.2, 0.25) is 0 Å². The summed E-state index contributed by atoms with van der Waals surface area (Å²) in [7, 11) is 9.06. The van der Waals surface area contributed by atoms with Crippen LogP contribution in [0.5, 0.6) is 0 Å². The molecule has 2 heterocycles. The zero-order chi connectivity index (χ0) is 45.5. The highest BCUT2D eigenvalue weighted by Gasteiger charge is 2.26. The molecule has 2 saturated heterocycles. The minimum Gasteiger partial charge on any atom is -0.550 e. The maximum Gasteiger partial charge on any atom is 0.323 e. The molecule has 2 aliphatic rings. The van der Waals surface area contributed by atoms with Gasteiger partial charge >= 0.3 is 17.9 Å². The molecule has 0 aromatic heterocycles. The molecule has 0 radical (unpaired) electrons. The summed E-state index contributed by atoms with van der Waals surface area (Å²) in [4.78, 5) is 67.2. The van der Waals surface area contributed by atoms with Crippen LogP contribution in [0.15, 0.2) is 60.7 Å². The van der Waals surface area contributed by atoms with Crippen molar-refractivity contribution in [3.05, 3.63) is 71.8 Å². The van der Waals surface area contributed by atoms with Crippen LogP contribution in [0.25, 0.3) is 0 Å². The predicted molar refractivity (Wildman–Crippen MR) is 218 cm³/mol. The molecule has 328 valence electrons. The fourth-order valence-electron chi connectivity index (χ4n) is 4.83. The van der Waals surface area contributed by atoms with Crippen molar-refractivity contribution in [1.29, 1.82) is 10.8 Å². The molecule has 2 aromatic carbocycles. The Hall–Kier alpha value is -5.96. The molecule has 20 nitrogen and oxygen atoms in total. The molecule has 4 rings (SSSR count). The van der Waals surface area contributed by atoms with Crippen molar-refractivity contribution in [1.82, 2.24) is 20.4 Å². The van der Waals surface area contributed by atoms with Gasteiger partial charge in [-0.3, -0.25) is 45.4 Å². The first kappa shape index (κ1) is 53.0. The Labute approximate surface area is 345 Å². The Kier molecular flexibility index (Phi) is 24.1. The zero-order valence-corrected chi connectivity index (χ0v) is 34.8. The number of benzene rings is 2. The van der Waals surface area contributed by atoms with Crippen LogP contribution in [0.3, 0.4) is 0 Å². The Balaban J connectivity index is 0.000000768. The van der Waals surface area contributed by atoms with Crippen molar-refractivity contribution >= 4 is 47.6 Å². The smallest absolute Gasteiger partial charge is 0.323 e. The molecular formula is C39H62N10O10. The predicted octanol–water partition coefficient (Wildman–Crippen LogP) is -1.63. The topological polar surface area (TPSA) is 331 Å². The van der Waals surface area contributed by atoms with Crippen LogP contribution in [0.1, 0.15) is 37.8 Å². The molecule has 20 heteroatoms. The quantitative estimate of drug-likeness (QED) is 0.0762. The number of carboxylic acids is 3. The van der Waals surface area contributed by atoms with Gasteiger partial charge in [-0.1, -0.05) is 74.5 Å². The SMILES string of the molecule is CC(C)C[C@H](N)C(=O)O.CN1CC(=O)NC1=N.CN1CC(=O)NC1=N.C[N+](C)(C)CC(CC(=O)[O-])OC(=O)[C@@H](N)Cc1ccccc1.N[C@@H](Cc1ccccc1)C(=O)O. The lowest BCUT2D eigenvalue weighted by atomic mass is 10.1. The number of carboxylic acid groups (broad SMARTS) is 3. The molecule has 4 atom stereocenters. The van der Waals surface area contributed by atoms with Gasteiger partial charge in [-0.2, -0.15) is 0 Å². The van der Waals surface area contributed by atoms with E-state index in [4.69, 9.17) is 43.0 Å². The summed E-state index contributed by atoms with van der Waals surface area (Å²) in [6.07, 6.45) is 0.201. The first-order chi connectivity index (χ1) is 27.3. The largest absolute Gasteiger partial charge is 0.550 e. The Morgan fingerprint density at radius 1 is 0.763 bits per heavy atom. The average Bonchev–Trinajstić information content (AvgIpc) is 3.58. The highest BCUT2D eigenvalue weighted by molar-refractivity contribution is 6.03. The summed E-state index contributed by atoms with van der Waals surface area (Å²) < 4.78 is 5.74. The molecule has 2 aliphatic heterocycles. The van der Waals surface area contributed by atoms with E-state index in [1.807, 2.05) is 95.7 Å². The van der Waals surface area contributed by atoms with Gasteiger partial charge in [0.2, 0.25) is 11.8 Å². The lowest BCUT2D eigenvalue weighted by Crippen LogP contribution is -2.47. The Morgan fingerprint density at radius 2 is 1.15 bits per heavy atom. The Bertz CT molecular complexity index is 1640. The number of esters is 1.